The molecule has 0 radical (unpaired) electrons. The van der Waals surface area contributed by atoms with Crippen LogP contribution in [-0.2, 0) is 0 Å². The molecule has 15 heavy (non-hydrogen) atoms. The van der Waals surface area contributed by atoms with Gasteiger partial charge in [0, 0.05) is 12.7 Å². The number of hydrazine groups is 2. The molecular formula is C10H16N4O. The fraction of sp³-hybridized carbons (Fsp3) is 0.400. The van der Waals surface area contributed by atoms with Crippen molar-refractivity contribution >= 4 is 0 Å². The molecule has 0 spiro atoms. The van der Waals surface area contributed by atoms with Crippen molar-refractivity contribution in [2.24, 2.45) is 5.73 Å². The number of aliphatic hydroxyl groups excluding tert-OH is 1. The summed E-state index contributed by atoms with van der Waals surface area (Å²) in [7, 11) is 0. The number of nitrogens with zero attached hydrogens (tertiary/aromatic N) is 2. The molecule has 2 aliphatic rings. The molecule has 2 heterocycles. The Labute approximate surface area is 89.1 Å². The van der Waals surface area contributed by atoms with E-state index in [1.54, 1.807) is 6.92 Å². The van der Waals surface area contributed by atoms with Crippen LogP contribution in [0.5, 0.6) is 0 Å². The summed E-state index contributed by atoms with van der Waals surface area (Å²) in [5.74, 6) is 0. The minimum Gasteiger partial charge on any atom is -0.399 e. The Morgan fingerprint density at radius 2 is 2.40 bits per heavy atom. The maximum atomic E-state index is 9.19. The zero-order valence-electron chi connectivity index (χ0n) is 8.72. The van der Waals surface area contributed by atoms with E-state index in [-0.39, 0.29) is 6.10 Å². The van der Waals surface area contributed by atoms with Gasteiger partial charge in [-0.05, 0) is 19.1 Å². The lowest BCUT2D eigenvalue weighted by Crippen LogP contribution is -2.47. The van der Waals surface area contributed by atoms with Crippen LogP contribution >= 0.6 is 0 Å². The summed E-state index contributed by atoms with van der Waals surface area (Å²) in [6.45, 7) is 2.89. The molecule has 5 nitrogen and oxygen atoms in total. The van der Waals surface area contributed by atoms with Gasteiger partial charge in [-0.2, -0.15) is 0 Å². The quantitative estimate of drug-likeness (QED) is 0.592. The first-order valence-electron chi connectivity index (χ1n) is 5.00. The lowest BCUT2D eigenvalue weighted by Gasteiger charge is -2.29. The van der Waals surface area contributed by atoms with Gasteiger partial charge in [-0.3, -0.25) is 5.01 Å². The van der Waals surface area contributed by atoms with Crippen LogP contribution in [0, 0.1) is 0 Å². The number of allylic oxidation sites excluding steroid dienone is 3. The van der Waals surface area contributed by atoms with E-state index < -0.39 is 0 Å². The summed E-state index contributed by atoms with van der Waals surface area (Å²) in [6, 6.07) is 0. The van der Waals surface area contributed by atoms with E-state index in [2.05, 4.69) is 5.43 Å². The molecule has 0 aromatic heterocycles. The predicted molar refractivity (Wildman–Crippen MR) is 57.7 cm³/mol. The molecule has 82 valence electrons. The Morgan fingerprint density at radius 3 is 3.13 bits per heavy atom. The van der Waals surface area contributed by atoms with Crippen molar-refractivity contribution < 1.29 is 5.11 Å². The van der Waals surface area contributed by atoms with Crippen LogP contribution in [0.2, 0.25) is 0 Å². The van der Waals surface area contributed by atoms with Crippen LogP contribution in [0.15, 0.2) is 35.8 Å². The predicted octanol–water partition coefficient (Wildman–Crippen LogP) is -0.342. The summed E-state index contributed by atoms with van der Waals surface area (Å²) in [5, 5.41) is 13.0. The Kier molecular flexibility index (Phi) is 2.77. The summed E-state index contributed by atoms with van der Waals surface area (Å²) in [4.78, 5) is 0. The molecule has 4 N–H and O–H groups in total. The Bertz CT molecular complexity index is 332. The first kappa shape index (κ1) is 10.2. The van der Waals surface area contributed by atoms with E-state index in [0.29, 0.717) is 13.1 Å². The van der Waals surface area contributed by atoms with Gasteiger partial charge in [-0.1, -0.05) is 6.08 Å². The van der Waals surface area contributed by atoms with Crippen molar-refractivity contribution in [2.45, 2.75) is 13.0 Å². The van der Waals surface area contributed by atoms with Crippen molar-refractivity contribution in [3.63, 3.8) is 0 Å². The van der Waals surface area contributed by atoms with Gasteiger partial charge in [-0.25, -0.2) is 5.43 Å². The lowest BCUT2D eigenvalue weighted by molar-refractivity contribution is 0.0146. The van der Waals surface area contributed by atoms with Gasteiger partial charge >= 0.3 is 0 Å². The van der Waals surface area contributed by atoms with Crippen molar-refractivity contribution in [1.29, 1.82) is 0 Å². The maximum absolute atomic E-state index is 9.19. The number of hydrogen-bond acceptors (Lipinski definition) is 5. The van der Waals surface area contributed by atoms with E-state index in [1.165, 1.54) is 0 Å². The van der Waals surface area contributed by atoms with Crippen molar-refractivity contribution in [3.8, 4) is 0 Å². The van der Waals surface area contributed by atoms with Crippen LogP contribution < -0.4 is 11.2 Å². The number of aliphatic hydroxyl groups is 1. The standard InChI is InChI=1S/C10H16N4O/c1-8(15)6-12-14-7-9(11)10-4-2-3-5-13(10)14/h2-5,8,12,15H,6-7,11H2,1H3. The summed E-state index contributed by atoms with van der Waals surface area (Å²) in [6.07, 6.45) is 7.43. The highest BCUT2D eigenvalue weighted by Crippen LogP contribution is 2.22. The smallest absolute Gasteiger partial charge is 0.0789 e. The third-order valence-corrected chi connectivity index (χ3v) is 2.32. The van der Waals surface area contributed by atoms with E-state index in [1.807, 2.05) is 34.6 Å². The largest absolute Gasteiger partial charge is 0.399 e. The minimum atomic E-state index is -0.375. The zero-order valence-corrected chi connectivity index (χ0v) is 8.72. The second-order valence-corrected chi connectivity index (χ2v) is 3.72. The van der Waals surface area contributed by atoms with Crippen molar-refractivity contribution in [2.75, 3.05) is 13.1 Å². The molecule has 0 bridgehead atoms. The summed E-state index contributed by atoms with van der Waals surface area (Å²) in [5.41, 5.74) is 10.8. The third-order valence-electron chi connectivity index (χ3n) is 2.32. The first-order chi connectivity index (χ1) is 7.18. The van der Waals surface area contributed by atoms with Crippen LogP contribution in [0.25, 0.3) is 0 Å². The van der Waals surface area contributed by atoms with Crippen LogP contribution in [-0.4, -0.2) is 34.4 Å². The second-order valence-electron chi connectivity index (χ2n) is 3.72. The molecule has 1 unspecified atom stereocenters. The molecule has 1 atom stereocenters. The van der Waals surface area contributed by atoms with Crippen LogP contribution in [0.3, 0.4) is 0 Å². The summed E-state index contributed by atoms with van der Waals surface area (Å²) >= 11 is 0. The van der Waals surface area contributed by atoms with E-state index >= 15 is 0 Å². The Morgan fingerprint density at radius 1 is 1.60 bits per heavy atom. The monoisotopic (exact) mass is 208 g/mol. The number of nitrogens with one attached hydrogen (secondary N) is 1. The lowest BCUT2D eigenvalue weighted by atomic mass is 10.3. The molecule has 0 amide bonds. The zero-order chi connectivity index (χ0) is 10.8. The van der Waals surface area contributed by atoms with Gasteiger partial charge in [0.25, 0.3) is 0 Å². The molecule has 0 fully saturated rings. The molecule has 0 aliphatic carbocycles. The van der Waals surface area contributed by atoms with E-state index in [9.17, 15) is 5.11 Å². The fourth-order valence-corrected chi connectivity index (χ4v) is 1.59. The molecule has 2 aliphatic heterocycles. The average Bonchev–Trinajstić information content (AvgIpc) is 2.54. The Balaban J connectivity index is 2.02. The highest BCUT2D eigenvalue weighted by atomic mass is 16.3. The molecule has 0 saturated heterocycles. The topological polar surface area (TPSA) is 64.8 Å². The van der Waals surface area contributed by atoms with Crippen molar-refractivity contribution in [3.05, 3.63) is 35.8 Å². The molecule has 0 aromatic carbocycles. The number of rotatable bonds is 3. The molecular weight excluding hydrogens is 192 g/mol. The SMILES string of the molecule is CC(O)CNN1CC(N)=C2C=CC=CN21. The minimum absolute atomic E-state index is 0.375. The average molecular weight is 208 g/mol. The number of fused-ring (bicyclic) bond motifs is 1. The number of nitrogens with two attached hydrogens (primary N) is 1. The van der Waals surface area contributed by atoms with Gasteiger partial charge in [0.05, 0.1) is 24.0 Å². The summed E-state index contributed by atoms with van der Waals surface area (Å²) < 4.78 is 0. The third kappa shape index (κ3) is 2.04. The fourth-order valence-electron chi connectivity index (χ4n) is 1.59. The molecule has 0 aromatic rings. The maximum Gasteiger partial charge on any atom is 0.0789 e. The second kappa shape index (κ2) is 4.06. The first-order valence-corrected chi connectivity index (χ1v) is 5.00. The van der Waals surface area contributed by atoms with Gasteiger partial charge in [-0.15, -0.1) is 5.12 Å². The van der Waals surface area contributed by atoms with Gasteiger partial charge in [0.1, 0.15) is 0 Å². The van der Waals surface area contributed by atoms with E-state index in [4.69, 9.17) is 5.73 Å². The van der Waals surface area contributed by atoms with Gasteiger partial charge in [0.15, 0.2) is 0 Å². The normalized spacial score (nSPS) is 22.4. The molecule has 2 rings (SSSR count). The van der Waals surface area contributed by atoms with Gasteiger partial charge in [0.2, 0.25) is 0 Å². The van der Waals surface area contributed by atoms with Crippen LogP contribution in [0.4, 0.5) is 0 Å². The molecule has 5 heteroatoms. The molecule has 0 saturated carbocycles. The van der Waals surface area contributed by atoms with E-state index in [0.717, 1.165) is 11.4 Å². The number of hydrogen-bond donors (Lipinski definition) is 3. The highest BCUT2D eigenvalue weighted by Gasteiger charge is 2.26. The van der Waals surface area contributed by atoms with Crippen LogP contribution in [0.1, 0.15) is 6.92 Å². The highest BCUT2D eigenvalue weighted by molar-refractivity contribution is 5.33. The van der Waals surface area contributed by atoms with Gasteiger partial charge < -0.3 is 10.8 Å². The Hall–Kier alpha value is -1.30. The van der Waals surface area contributed by atoms with Crippen molar-refractivity contribution in [1.82, 2.24) is 15.6 Å².